The van der Waals surface area contributed by atoms with Gasteiger partial charge in [0.05, 0.1) is 5.69 Å². The van der Waals surface area contributed by atoms with Gasteiger partial charge in [0, 0.05) is 24.4 Å². The molecule has 0 aliphatic carbocycles. The van der Waals surface area contributed by atoms with E-state index >= 15 is 0 Å². The molecule has 0 spiro atoms. The number of rotatable bonds is 7. The highest BCUT2D eigenvalue weighted by Gasteiger charge is 2.16. The van der Waals surface area contributed by atoms with Gasteiger partial charge in [-0.1, -0.05) is 6.42 Å². The molecule has 2 heterocycles. The van der Waals surface area contributed by atoms with Gasteiger partial charge in [-0.2, -0.15) is 0 Å². The zero-order valence-electron chi connectivity index (χ0n) is 13.2. The van der Waals surface area contributed by atoms with Crippen LogP contribution in [-0.2, 0) is 11.3 Å². The van der Waals surface area contributed by atoms with E-state index in [1.165, 1.54) is 43.6 Å². The van der Waals surface area contributed by atoms with Crippen LogP contribution in [0.15, 0.2) is 11.4 Å². The number of carbonyl (C=O) groups is 1. The number of amides is 1. The highest BCUT2D eigenvalue weighted by atomic mass is 32.1. The summed E-state index contributed by atoms with van der Waals surface area (Å²) in [4.78, 5) is 14.9. The summed E-state index contributed by atoms with van der Waals surface area (Å²) in [6, 6.07) is 2.72. The maximum absolute atomic E-state index is 11.1. The smallest absolute Gasteiger partial charge is 0.221 e. The van der Waals surface area contributed by atoms with E-state index in [1.54, 1.807) is 18.3 Å². The molecule has 1 aliphatic heterocycles. The lowest BCUT2D eigenvalue weighted by Crippen LogP contribution is -2.38. The fourth-order valence-electron chi connectivity index (χ4n) is 2.88. The van der Waals surface area contributed by atoms with E-state index in [2.05, 4.69) is 22.5 Å². The highest BCUT2D eigenvalue weighted by molar-refractivity contribution is 7.10. The van der Waals surface area contributed by atoms with Crippen molar-refractivity contribution in [2.24, 2.45) is 0 Å². The molecule has 2 rings (SSSR count). The van der Waals surface area contributed by atoms with E-state index in [4.69, 9.17) is 0 Å². The standard InChI is InChI=1S/C16H27N3OS/c1-13-6-3-4-9-19(13)10-5-8-17-12-16-15(7-11-21-16)18-14(2)20/h7,11,13,17H,3-6,8-10,12H2,1-2H3,(H,18,20). The molecule has 1 aromatic heterocycles. The molecule has 1 unspecified atom stereocenters. The van der Waals surface area contributed by atoms with Crippen LogP contribution >= 0.6 is 11.3 Å². The van der Waals surface area contributed by atoms with Crippen LogP contribution in [0.25, 0.3) is 0 Å². The summed E-state index contributed by atoms with van der Waals surface area (Å²) in [6.45, 7) is 8.21. The lowest BCUT2D eigenvalue weighted by Gasteiger charge is -2.33. The predicted octanol–water partition coefficient (Wildman–Crippen LogP) is 3.06. The molecule has 1 saturated heterocycles. The minimum atomic E-state index is -0.00580. The number of thiophene rings is 1. The summed E-state index contributed by atoms with van der Waals surface area (Å²) in [5.74, 6) is -0.00580. The van der Waals surface area contributed by atoms with Crippen LogP contribution in [0.4, 0.5) is 5.69 Å². The first-order valence-electron chi connectivity index (χ1n) is 7.95. The Hall–Kier alpha value is -0.910. The van der Waals surface area contributed by atoms with Crippen molar-refractivity contribution in [2.75, 3.05) is 25.0 Å². The third kappa shape index (κ3) is 5.41. The molecule has 0 radical (unpaired) electrons. The topological polar surface area (TPSA) is 44.4 Å². The quantitative estimate of drug-likeness (QED) is 0.761. The second kappa shape index (κ2) is 8.51. The van der Waals surface area contributed by atoms with E-state index in [-0.39, 0.29) is 5.91 Å². The lowest BCUT2D eigenvalue weighted by molar-refractivity contribution is -0.114. The zero-order chi connectivity index (χ0) is 15.1. The largest absolute Gasteiger partial charge is 0.325 e. The molecule has 1 amide bonds. The van der Waals surface area contributed by atoms with Gasteiger partial charge in [0.2, 0.25) is 5.91 Å². The Labute approximate surface area is 131 Å². The summed E-state index contributed by atoms with van der Waals surface area (Å²) in [7, 11) is 0. The monoisotopic (exact) mass is 309 g/mol. The predicted molar refractivity (Wildman–Crippen MR) is 89.8 cm³/mol. The molecule has 0 bridgehead atoms. The number of piperidine rings is 1. The first kappa shape index (κ1) is 16.5. The minimum absolute atomic E-state index is 0.00580. The highest BCUT2D eigenvalue weighted by Crippen LogP contribution is 2.22. The summed E-state index contributed by atoms with van der Waals surface area (Å²) in [5.41, 5.74) is 0.949. The Morgan fingerprint density at radius 2 is 2.33 bits per heavy atom. The van der Waals surface area contributed by atoms with Crippen molar-refractivity contribution in [3.05, 3.63) is 16.3 Å². The van der Waals surface area contributed by atoms with Crippen molar-refractivity contribution in [1.82, 2.24) is 10.2 Å². The van der Waals surface area contributed by atoms with Gasteiger partial charge in [-0.15, -0.1) is 11.3 Å². The Bertz CT molecular complexity index is 446. The van der Waals surface area contributed by atoms with E-state index in [9.17, 15) is 4.79 Å². The normalized spacial score (nSPS) is 19.6. The van der Waals surface area contributed by atoms with Gasteiger partial charge in [-0.3, -0.25) is 4.79 Å². The minimum Gasteiger partial charge on any atom is -0.325 e. The summed E-state index contributed by atoms with van der Waals surface area (Å²) in [6.07, 6.45) is 5.28. The molecule has 1 aliphatic rings. The second-order valence-corrected chi connectivity index (χ2v) is 6.85. The van der Waals surface area contributed by atoms with E-state index in [1.807, 2.05) is 11.4 Å². The maximum Gasteiger partial charge on any atom is 0.221 e. The molecule has 0 aromatic carbocycles. The zero-order valence-corrected chi connectivity index (χ0v) is 14.0. The van der Waals surface area contributed by atoms with Gasteiger partial charge in [0.25, 0.3) is 0 Å². The average Bonchev–Trinajstić information content (AvgIpc) is 2.87. The first-order valence-corrected chi connectivity index (χ1v) is 8.83. The molecule has 0 saturated carbocycles. The molecular weight excluding hydrogens is 282 g/mol. The molecule has 1 aromatic rings. The Balaban J connectivity index is 1.63. The molecule has 118 valence electrons. The number of anilines is 1. The number of nitrogens with zero attached hydrogens (tertiary/aromatic N) is 1. The van der Waals surface area contributed by atoms with E-state index in [0.29, 0.717) is 0 Å². The molecule has 2 N–H and O–H groups in total. The third-order valence-electron chi connectivity index (χ3n) is 4.08. The molecule has 5 heteroatoms. The van der Waals surface area contributed by atoms with E-state index in [0.717, 1.165) is 24.8 Å². The number of likely N-dealkylation sites (tertiary alicyclic amines) is 1. The second-order valence-electron chi connectivity index (χ2n) is 5.85. The van der Waals surface area contributed by atoms with E-state index < -0.39 is 0 Å². The number of carbonyl (C=O) groups excluding carboxylic acids is 1. The van der Waals surface area contributed by atoms with Crippen molar-refractivity contribution < 1.29 is 4.79 Å². The third-order valence-corrected chi connectivity index (χ3v) is 5.00. The molecule has 21 heavy (non-hydrogen) atoms. The first-order chi connectivity index (χ1) is 10.2. The average molecular weight is 309 g/mol. The van der Waals surface area contributed by atoms with Crippen LogP contribution < -0.4 is 10.6 Å². The molecular formula is C16H27N3OS. The van der Waals surface area contributed by atoms with Gasteiger partial charge in [-0.25, -0.2) is 0 Å². The fourth-order valence-corrected chi connectivity index (χ4v) is 3.68. The van der Waals surface area contributed by atoms with Crippen molar-refractivity contribution >= 4 is 22.9 Å². The van der Waals surface area contributed by atoms with Crippen LogP contribution in [-0.4, -0.2) is 36.5 Å². The van der Waals surface area contributed by atoms with Gasteiger partial charge in [0.15, 0.2) is 0 Å². The van der Waals surface area contributed by atoms with Gasteiger partial charge >= 0.3 is 0 Å². The molecule has 4 nitrogen and oxygen atoms in total. The Kier molecular flexibility index (Phi) is 6.67. The van der Waals surface area contributed by atoms with Crippen LogP contribution in [0.1, 0.15) is 44.4 Å². The van der Waals surface area contributed by atoms with Gasteiger partial charge in [0.1, 0.15) is 0 Å². The lowest BCUT2D eigenvalue weighted by atomic mass is 10.0. The maximum atomic E-state index is 11.1. The molecule has 1 fully saturated rings. The number of hydrogen-bond donors (Lipinski definition) is 2. The van der Waals surface area contributed by atoms with Crippen LogP contribution in [0.5, 0.6) is 0 Å². The summed E-state index contributed by atoms with van der Waals surface area (Å²) < 4.78 is 0. The van der Waals surface area contributed by atoms with Gasteiger partial charge in [-0.05, 0) is 57.3 Å². The number of hydrogen-bond acceptors (Lipinski definition) is 4. The SMILES string of the molecule is CC(=O)Nc1ccsc1CNCCCN1CCCCC1C. The van der Waals surface area contributed by atoms with Gasteiger partial charge < -0.3 is 15.5 Å². The van der Waals surface area contributed by atoms with Crippen molar-refractivity contribution in [1.29, 1.82) is 0 Å². The van der Waals surface area contributed by atoms with Crippen molar-refractivity contribution in [2.45, 2.75) is 52.1 Å². The Morgan fingerprint density at radius 3 is 3.10 bits per heavy atom. The van der Waals surface area contributed by atoms with Crippen LogP contribution in [0.3, 0.4) is 0 Å². The fraction of sp³-hybridized carbons (Fsp3) is 0.688. The van der Waals surface area contributed by atoms with Crippen molar-refractivity contribution in [3.8, 4) is 0 Å². The summed E-state index contributed by atoms with van der Waals surface area (Å²) >= 11 is 1.69. The van der Waals surface area contributed by atoms with Crippen LogP contribution in [0, 0.1) is 0 Å². The van der Waals surface area contributed by atoms with Crippen molar-refractivity contribution in [3.63, 3.8) is 0 Å². The Morgan fingerprint density at radius 1 is 1.48 bits per heavy atom. The summed E-state index contributed by atoms with van der Waals surface area (Å²) in [5, 5.41) is 8.39. The van der Waals surface area contributed by atoms with Crippen LogP contribution in [0.2, 0.25) is 0 Å². The number of nitrogens with one attached hydrogen (secondary N) is 2. The molecule has 1 atom stereocenters.